The van der Waals surface area contributed by atoms with Crippen molar-refractivity contribution in [2.24, 2.45) is 5.92 Å². The normalized spacial score (nSPS) is 14.4. The minimum absolute atomic E-state index is 0. The number of hydrogen-bond donors (Lipinski definition) is 3. The largest absolute Gasteiger partial charge is 0.496 e. The Morgan fingerprint density at radius 2 is 0.745 bits per heavy atom. The number of halogens is 5. The third-order valence-corrected chi connectivity index (χ3v) is 25.7. The van der Waals surface area contributed by atoms with Crippen molar-refractivity contribution in [1.29, 1.82) is 0 Å². The van der Waals surface area contributed by atoms with Gasteiger partial charge in [-0.1, -0.05) is 132 Å². The summed E-state index contributed by atoms with van der Waals surface area (Å²) in [6, 6.07) is 28.5. The molecule has 0 radical (unpaired) electrons. The summed E-state index contributed by atoms with van der Waals surface area (Å²) in [7, 11) is 7.74. The number of carbonyl (C=O) groups is 8. The van der Waals surface area contributed by atoms with E-state index in [-0.39, 0.29) is 86.0 Å². The van der Waals surface area contributed by atoms with Crippen LogP contribution in [0.4, 0.5) is 24.9 Å². The number of carbonyl (C=O) groups excluding carboxylic acids is 7. The number of rotatable bonds is 21. The first-order chi connectivity index (χ1) is 70.0. The minimum Gasteiger partial charge on any atom is -0.496 e. The highest BCUT2D eigenvalue weighted by Gasteiger charge is 2.37. The molecule has 6 aliphatic rings. The van der Waals surface area contributed by atoms with Gasteiger partial charge < -0.3 is 93.1 Å². The number of fused-ring (bicyclic) bond motifs is 4. The Morgan fingerprint density at radius 1 is 0.416 bits per heavy atom. The first kappa shape index (κ1) is 116. The standard InChI is InChI=1S/C37H39Cl2N5O6.C22H22Cl2N4O.C17H24N2O5.C16H21ClN2O4.C15H20N2O5.H2O/c1-37(2,3)50-36(47)44-13-12-25-29(20-44)41-27(15-32(25)48-4)31(46)14-21-8-6-9-23(33(21)38)24-10-7-11-26(34(24)39)28-16-40-30(35(42-28)49-5)19-43-17-22(45)18-43;1-13-10-28(11-13)12-19-22(29-2)27-18(9-26-19)16-7-3-5-14(20(16)23)15-6-4-8-17(25)21(15)24;1-6-23-15(20)12-9-14(22-5)11-7-8-19(10-13(11)18-12)16(21)24-17(2,3)4;1-5-22-14(20)12-8-11(17)10-6-7-19(9-13(10)18-12)15(21)23-16(2,3)4;1-15(2,3)22-14(20)17-6-5-9-11(8-17)16-10(13(18)19)7-12(9)21-4;/h6-11,15-16,22,45H,12-14,17-20H2,1-5H3;3-9,13H,10-12,25H2,1-2H3;9H,6-8,10H2,1-5H3;8H,5-7,9H2,1-4H3;7H,5-6,8H2,1-4H3,(H,18,19);1H2. The predicted molar refractivity (Wildman–Crippen MR) is 563 cm³/mol. The van der Waals surface area contributed by atoms with E-state index in [1.54, 1.807) is 114 Å². The topological polar surface area (TPSA) is 459 Å². The summed E-state index contributed by atoms with van der Waals surface area (Å²) in [5.74, 6) is 0.855. The molecule has 37 nitrogen and oxygen atoms in total. The van der Waals surface area contributed by atoms with Crippen LogP contribution in [0.15, 0.2) is 109 Å². The third kappa shape index (κ3) is 30.2. The van der Waals surface area contributed by atoms with Crippen molar-refractivity contribution < 1.29 is 106 Å². The predicted octanol–water partition coefficient (Wildman–Crippen LogP) is 18.6. The van der Waals surface area contributed by atoms with Crippen LogP contribution in [-0.2, 0) is 99.8 Å². The van der Waals surface area contributed by atoms with Crippen molar-refractivity contribution in [1.82, 2.24) is 69.3 Å². The molecule has 6 N–H and O–H groups in total. The second-order valence-electron chi connectivity index (χ2n) is 39.7. The van der Waals surface area contributed by atoms with Gasteiger partial charge in [0.2, 0.25) is 11.8 Å². The molecule has 0 spiro atoms. The zero-order chi connectivity index (χ0) is 108. The number of nitrogens with two attached hydrogens (primary N) is 1. The van der Waals surface area contributed by atoms with Gasteiger partial charge in [0.05, 0.1) is 153 Å². The second-order valence-corrected chi connectivity index (χ2v) is 41.6. The van der Waals surface area contributed by atoms with Gasteiger partial charge in [-0.15, -0.1) is 0 Å². The number of hydrogen-bond acceptors (Lipinski definition) is 31. The van der Waals surface area contributed by atoms with E-state index < -0.39 is 64.7 Å². The number of carboxylic acids is 1. The summed E-state index contributed by atoms with van der Waals surface area (Å²) >= 11 is 33.4. The zero-order valence-electron chi connectivity index (χ0n) is 87.3. The number of methoxy groups -OCH3 is 5. The molecule has 16 rings (SSSR count). The smallest absolute Gasteiger partial charge is 0.410 e. The lowest BCUT2D eigenvalue weighted by molar-refractivity contribution is -0.00406. The average Bonchev–Trinajstić information content (AvgIpc) is 0.834. The van der Waals surface area contributed by atoms with Gasteiger partial charge >= 0.3 is 42.3 Å². The fourth-order valence-electron chi connectivity index (χ4n) is 16.8. The van der Waals surface area contributed by atoms with E-state index in [1.807, 2.05) is 123 Å². The number of nitrogen functional groups attached to an aromatic ring is 1. The number of Topliss-reactive ketones (excluding diaryl/α,β-unsaturated/α-hetero) is 1. The monoisotopic (exact) mass is 2150 g/mol. The van der Waals surface area contributed by atoms with Crippen LogP contribution in [0.1, 0.15) is 208 Å². The summed E-state index contributed by atoms with van der Waals surface area (Å²) in [6.45, 7) is 35.4. The quantitative estimate of drug-likeness (QED) is 0.0260. The molecule has 4 aromatic carbocycles. The lowest BCUT2D eigenvalue weighted by Gasteiger charge is -2.36. The van der Waals surface area contributed by atoms with E-state index in [2.05, 4.69) is 51.6 Å². The molecular weight excluding hydrogens is 2020 g/mol. The minimum atomic E-state index is -1.13. The van der Waals surface area contributed by atoms with Gasteiger partial charge in [-0.05, 0) is 152 Å². The molecule has 12 heterocycles. The number of β-amino-alcohol motifs (C(OH)–C–C–N with tert-alkyl or cyclic N) is 1. The maximum Gasteiger partial charge on any atom is 0.410 e. The molecule has 149 heavy (non-hydrogen) atoms. The molecule has 798 valence electrons. The number of amides is 4. The van der Waals surface area contributed by atoms with Gasteiger partial charge in [0.1, 0.15) is 62.4 Å². The second kappa shape index (κ2) is 50.5. The van der Waals surface area contributed by atoms with E-state index >= 15 is 0 Å². The number of likely N-dealkylation sites (tertiary alicyclic amines) is 2. The van der Waals surface area contributed by atoms with Gasteiger partial charge in [-0.3, -0.25) is 24.6 Å². The highest BCUT2D eigenvalue weighted by Crippen LogP contribution is 2.45. The Bertz CT molecular complexity index is 6580. The molecule has 0 saturated carbocycles. The number of aliphatic hydroxyl groups excluding tert-OH is 1. The van der Waals surface area contributed by atoms with Crippen LogP contribution in [0, 0.1) is 5.92 Å². The van der Waals surface area contributed by atoms with E-state index in [4.69, 9.17) is 126 Å². The molecule has 0 bridgehead atoms. The number of ketones is 1. The summed E-state index contributed by atoms with van der Waals surface area (Å²) in [5, 5.41) is 21.0. The van der Waals surface area contributed by atoms with Crippen LogP contribution in [0.5, 0.6) is 29.0 Å². The SMILES string of the molecule is CCOC(=O)c1cc(Cl)c2c(n1)CN(C(=O)OC(C)(C)C)CC2.CCOC(=O)c1cc(OC)c2c(n1)CN(C(=O)OC(C)(C)C)CC2.COc1cc(C(=O)Cc2cccc(-c3cccc(-c4cnc(CN5CC(O)C5)c(OC)n4)c3Cl)c2Cl)nc2c1CCN(C(=O)OC(C)(C)C)C2.COc1cc(C(=O)O)nc2c1CCN(C(=O)OC(C)(C)C)C2.COc1nc(-c2cccc(-c3cccc(N)c3Cl)c2Cl)cnc1CN1CC(C)C1.O. The number of aliphatic hydroxyl groups is 1. The first-order valence-electron chi connectivity index (χ1n) is 48.2. The molecule has 10 aromatic rings. The van der Waals surface area contributed by atoms with E-state index in [1.165, 1.54) is 24.1 Å². The Hall–Kier alpha value is -13.1. The third-order valence-electron chi connectivity index (χ3n) is 23.7. The van der Waals surface area contributed by atoms with E-state index in [9.17, 15) is 43.5 Å². The number of aromatic carboxylic acids is 1. The van der Waals surface area contributed by atoms with Gasteiger partial charge in [-0.2, -0.15) is 0 Å². The first-order valence-corrected chi connectivity index (χ1v) is 50.1. The van der Waals surface area contributed by atoms with Crippen LogP contribution in [0.3, 0.4) is 0 Å². The van der Waals surface area contributed by atoms with Crippen molar-refractivity contribution in [3.63, 3.8) is 0 Å². The van der Waals surface area contributed by atoms with Crippen molar-refractivity contribution >= 4 is 112 Å². The number of anilines is 1. The number of ether oxygens (including phenoxy) is 11. The maximum absolute atomic E-state index is 13.7. The molecule has 6 aromatic heterocycles. The summed E-state index contributed by atoms with van der Waals surface area (Å²) in [5.41, 5.74) is 18.0. The molecule has 2 fully saturated rings. The summed E-state index contributed by atoms with van der Waals surface area (Å²) in [6.07, 6.45) is 3.64. The van der Waals surface area contributed by atoms with Crippen LogP contribution in [-0.4, -0.2) is 263 Å². The molecular formula is C107H128Cl5N15O22. The molecule has 0 aliphatic carbocycles. The van der Waals surface area contributed by atoms with E-state index in [0.717, 1.165) is 70.2 Å². The Morgan fingerprint density at radius 3 is 1.11 bits per heavy atom. The van der Waals surface area contributed by atoms with Gasteiger partial charge in [0.15, 0.2) is 17.2 Å². The molecule has 42 heteroatoms. The summed E-state index contributed by atoms with van der Waals surface area (Å²) in [4.78, 5) is 145. The Labute approximate surface area is 891 Å². The Kier molecular flexibility index (Phi) is 39.3. The van der Waals surface area contributed by atoms with Crippen LogP contribution >= 0.6 is 58.0 Å². The molecule has 4 amide bonds. The number of aromatic nitrogens is 8. The molecule has 0 unspecified atom stereocenters. The highest BCUT2D eigenvalue weighted by atomic mass is 35.5. The fourth-order valence-corrected chi connectivity index (χ4v) is 18.3. The Balaban J connectivity index is 0.000000185. The number of nitrogens with zero attached hydrogens (tertiary/aromatic N) is 14. The van der Waals surface area contributed by atoms with Crippen LogP contribution in [0.25, 0.3) is 44.8 Å². The number of benzene rings is 4. The van der Waals surface area contributed by atoms with Gasteiger partial charge in [0.25, 0.3) is 0 Å². The fraction of sp³-hybridized carbons (Fsp3) is 0.439. The summed E-state index contributed by atoms with van der Waals surface area (Å²) < 4.78 is 58.9. The number of pyridine rings is 4. The highest BCUT2D eigenvalue weighted by molar-refractivity contribution is 6.40. The van der Waals surface area contributed by atoms with Crippen LogP contribution < -0.4 is 29.4 Å². The lowest BCUT2D eigenvalue weighted by atomic mass is 9.97. The molecule has 0 atom stereocenters. The maximum atomic E-state index is 13.7. The van der Waals surface area contributed by atoms with Gasteiger partial charge in [0, 0.05) is 145 Å². The molecule has 2 saturated heterocycles. The van der Waals surface area contributed by atoms with Gasteiger partial charge in [-0.25, -0.2) is 63.5 Å². The van der Waals surface area contributed by atoms with E-state index in [0.29, 0.717) is 193 Å². The zero-order valence-corrected chi connectivity index (χ0v) is 91.1. The van der Waals surface area contributed by atoms with Crippen LogP contribution in [0.2, 0.25) is 25.1 Å². The number of carboxylic acid groups (broad SMARTS) is 1. The number of esters is 2. The van der Waals surface area contributed by atoms with Crippen molar-refractivity contribution in [2.45, 2.75) is 204 Å². The van der Waals surface area contributed by atoms with Crippen molar-refractivity contribution in [3.8, 4) is 73.8 Å². The molecule has 6 aliphatic heterocycles. The average molecular weight is 2150 g/mol. The van der Waals surface area contributed by atoms with Crippen molar-refractivity contribution in [3.05, 3.63) is 219 Å². The van der Waals surface area contributed by atoms with Crippen molar-refractivity contribution in [2.75, 3.05) is 107 Å². The lowest BCUT2D eigenvalue weighted by Crippen LogP contribution is -2.50.